The molecule has 1 unspecified atom stereocenters. The Balaban J connectivity index is 1.79. The molecule has 90 valence electrons. The van der Waals surface area contributed by atoms with Crippen LogP contribution in [0.15, 0.2) is 0 Å². The third-order valence-electron chi connectivity index (χ3n) is 3.24. The van der Waals surface area contributed by atoms with Crippen LogP contribution >= 0.6 is 0 Å². The first-order valence-corrected chi connectivity index (χ1v) is 5.52. The van der Waals surface area contributed by atoms with Crippen LogP contribution in [0.2, 0.25) is 0 Å². The molecule has 1 heterocycles. The molecule has 1 saturated carbocycles. The van der Waals surface area contributed by atoms with Gasteiger partial charge in [0, 0.05) is 12.5 Å². The number of fused-ring (bicyclic) bond motifs is 1. The summed E-state index contributed by atoms with van der Waals surface area (Å²) in [4.78, 5) is 21.0. The molecule has 0 radical (unpaired) electrons. The molecule has 1 aliphatic carbocycles. The molecule has 2 N–H and O–H groups in total. The molecule has 0 aromatic heterocycles. The highest BCUT2D eigenvalue weighted by Gasteiger charge is 2.37. The van der Waals surface area contributed by atoms with Gasteiger partial charge in [0.05, 0.1) is 0 Å². The molecule has 0 bridgehead atoms. The van der Waals surface area contributed by atoms with Crippen molar-refractivity contribution in [3.8, 4) is 0 Å². The quantitative estimate of drug-likeness (QED) is 0.525. The van der Waals surface area contributed by atoms with Gasteiger partial charge in [-0.25, -0.2) is 9.59 Å². The summed E-state index contributed by atoms with van der Waals surface area (Å²) in [6.45, 7) is 0. The Kier molecular flexibility index (Phi) is 3.28. The van der Waals surface area contributed by atoms with E-state index in [0.717, 1.165) is 19.3 Å². The lowest BCUT2D eigenvalue weighted by Gasteiger charge is -2.23. The highest BCUT2D eigenvalue weighted by Crippen LogP contribution is 2.33. The van der Waals surface area contributed by atoms with Crippen molar-refractivity contribution in [1.29, 1.82) is 0 Å². The van der Waals surface area contributed by atoms with E-state index in [-0.39, 0.29) is 0 Å². The summed E-state index contributed by atoms with van der Waals surface area (Å²) in [6, 6.07) is 0.399. The van der Waals surface area contributed by atoms with Gasteiger partial charge in [0.1, 0.15) is 0 Å². The number of ether oxygens (including phenoxy) is 2. The lowest BCUT2D eigenvalue weighted by atomic mass is 9.85. The average Bonchev–Trinajstić information content (AvgIpc) is 2.57. The van der Waals surface area contributed by atoms with Crippen molar-refractivity contribution in [2.45, 2.75) is 44.4 Å². The second kappa shape index (κ2) is 4.69. The zero-order valence-electron chi connectivity index (χ0n) is 8.85. The van der Waals surface area contributed by atoms with E-state index in [9.17, 15) is 9.59 Å². The van der Waals surface area contributed by atoms with Crippen molar-refractivity contribution in [3.05, 3.63) is 0 Å². The third kappa shape index (κ3) is 2.63. The second-order valence-corrected chi connectivity index (χ2v) is 4.28. The minimum atomic E-state index is -1.64. The molecule has 16 heavy (non-hydrogen) atoms. The molecule has 0 aromatic rings. The summed E-state index contributed by atoms with van der Waals surface area (Å²) in [5.41, 5.74) is 0. The van der Waals surface area contributed by atoms with E-state index < -0.39 is 18.5 Å². The van der Waals surface area contributed by atoms with Gasteiger partial charge in [0.25, 0.3) is 0 Å². The summed E-state index contributed by atoms with van der Waals surface area (Å²) in [5.74, 6) is 0.538. The fourth-order valence-corrected chi connectivity index (χ4v) is 2.58. The molecule has 6 heteroatoms. The van der Waals surface area contributed by atoms with Crippen LogP contribution in [0.4, 0.5) is 9.59 Å². The molecule has 1 aliphatic heterocycles. The van der Waals surface area contributed by atoms with Gasteiger partial charge in [-0.05, 0) is 18.8 Å². The topological polar surface area (TPSA) is 84.9 Å². The van der Waals surface area contributed by atoms with E-state index in [4.69, 9.17) is 9.84 Å². The van der Waals surface area contributed by atoms with Crippen molar-refractivity contribution < 1.29 is 24.2 Å². The monoisotopic (exact) mass is 229 g/mol. The van der Waals surface area contributed by atoms with Crippen molar-refractivity contribution in [1.82, 2.24) is 5.32 Å². The van der Waals surface area contributed by atoms with Crippen molar-refractivity contribution in [3.63, 3.8) is 0 Å². The Labute approximate surface area is 92.9 Å². The maximum Gasteiger partial charge on any atom is 0.520 e. The minimum absolute atomic E-state index is 0.399. The van der Waals surface area contributed by atoms with Gasteiger partial charge in [-0.3, -0.25) is 5.32 Å². The Morgan fingerprint density at radius 3 is 2.69 bits per heavy atom. The van der Waals surface area contributed by atoms with E-state index in [1.54, 1.807) is 0 Å². The lowest BCUT2D eigenvalue weighted by Crippen LogP contribution is -2.35. The second-order valence-electron chi connectivity index (χ2n) is 4.28. The zero-order chi connectivity index (χ0) is 11.5. The van der Waals surface area contributed by atoms with Crippen LogP contribution in [-0.2, 0) is 9.47 Å². The highest BCUT2D eigenvalue weighted by molar-refractivity contribution is 5.75. The zero-order valence-corrected chi connectivity index (χ0v) is 8.85. The van der Waals surface area contributed by atoms with Crippen LogP contribution in [0, 0.1) is 5.92 Å². The largest absolute Gasteiger partial charge is 0.520 e. The summed E-state index contributed by atoms with van der Waals surface area (Å²) >= 11 is 0. The summed E-state index contributed by atoms with van der Waals surface area (Å²) in [7, 11) is 0. The maximum absolute atomic E-state index is 10.9. The van der Waals surface area contributed by atoms with Crippen LogP contribution in [0.1, 0.15) is 32.1 Å². The number of hydrogen-bond acceptors (Lipinski definition) is 5. The minimum Gasteiger partial charge on any atom is -0.449 e. The average molecular weight is 229 g/mol. The van der Waals surface area contributed by atoms with Crippen LogP contribution in [0.3, 0.4) is 0 Å². The Hall–Kier alpha value is -1.30. The maximum atomic E-state index is 10.9. The fraction of sp³-hybridized carbons (Fsp3) is 0.800. The SMILES string of the molecule is O=C(O)OC(=O)O[C@@H]1C[C@H]2CCCCC2N1. The summed E-state index contributed by atoms with van der Waals surface area (Å²) in [5, 5.41) is 11.4. The van der Waals surface area contributed by atoms with E-state index >= 15 is 0 Å². The van der Waals surface area contributed by atoms with E-state index in [2.05, 4.69) is 10.1 Å². The van der Waals surface area contributed by atoms with Crippen LogP contribution in [0.5, 0.6) is 0 Å². The van der Waals surface area contributed by atoms with Gasteiger partial charge in [-0.2, -0.15) is 0 Å². The summed E-state index contributed by atoms with van der Waals surface area (Å²) < 4.78 is 8.74. The van der Waals surface area contributed by atoms with E-state index in [1.165, 1.54) is 12.8 Å². The van der Waals surface area contributed by atoms with Gasteiger partial charge in [0.15, 0.2) is 6.23 Å². The molecule has 0 aromatic carbocycles. The molecule has 2 aliphatic rings. The van der Waals surface area contributed by atoms with Crippen molar-refractivity contribution in [2.24, 2.45) is 5.92 Å². The fourth-order valence-electron chi connectivity index (χ4n) is 2.58. The van der Waals surface area contributed by atoms with Crippen LogP contribution < -0.4 is 5.32 Å². The predicted molar refractivity (Wildman–Crippen MR) is 52.9 cm³/mol. The summed E-state index contributed by atoms with van der Waals surface area (Å²) in [6.07, 6.45) is 2.21. The number of carbonyl (C=O) groups excluding carboxylic acids is 1. The molecular weight excluding hydrogens is 214 g/mol. The molecule has 6 nitrogen and oxygen atoms in total. The van der Waals surface area contributed by atoms with E-state index in [1.807, 2.05) is 0 Å². The first-order valence-electron chi connectivity index (χ1n) is 5.52. The number of nitrogens with one attached hydrogen (secondary N) is 1. The molecule has 2 rings (SSSR count). The third-order valence-corrected chi connectivity index (χ3v) is 3.24. The van der Waals surface area contributed by atoms with Gasteiger partial charge in [-0.1, -0.05) is 12.8 Å². The smallest absolute Gasteiger partial charge is 0.449 e. The molecule has 1 saturated heterocycles. The van der Waals surface area contributed by atoms with Crippen molar-refractivity contribution >= 4 is 12.3 Å². The standard InChI is InChI=1S/C10H15NO5/c12-9(13)16-10(14)15-8-5-6-3-1-2-4-7(6)11-8/h6-8,11H,1-5H2,(H,12,13)/t6-,7?,8-/m1/s1. The number of carboxylic acid groups (broad SMARTS) is 1. The normalized spacial score (nSPS) is 32.9. The number of carbonyl (C=O) groups is 2. The Bertz CT molecular complexity index is 279. The van der Waals surface area contributed by atoms with Gasteiger partial charge < -0.3 is 14.6 Å². The Morgan fingerprint density at radius 2 is 2.00 bits per heavy atom. The number of rotatable bonds is 1. The molecule has 3 atom stereocenters. The van der Waals surface area contributed by atoms with Gasteiger partial charge in [-0.15, -0.1) is 0 Å². The van der Waals surface area contributed by atoms with Crippen LogP contribution in [0.25, 0.3) is 0 Å². The van der Waals surface area contributed by atoms with Gasteiger partial charge >= 0.3 is 12.3 Å². The molecule has 0 spiro atoms. The first-order chi connectivity index (χ1) is 7.65. The first kappa shape index (κ1) is 11.2. The molecular formula is C10H15NO5. The predicted octanol–water partition coefficient (Wildman–Crippen LogP) is 1.70. The highest BCUT2D eigenvalue weighted by atomic mass is 16.8. The van der Waals surface area contributed by atoms with E-state index in [0.29, 0.717) is 12.0 Å². The van der Waals surface area contributed by atoms with Gasteiger partial charge in [0.2, 0.25) is 0 Å². The molecule has 2 fully saturated rings. The number of hydrogen-bond donors (Lipinski definition) is 2. The van der Waals surface area contributed by atoms with Crippen LogP contribution in [-0.4, -0.2) is 29.7 Å². The Morgan fingerprint density at radius 1 is 1.25 bits per heavy atom. The van der Waals surface area contributed by atoms with Crippen molar-refractivity contribution in [2.75, 3.05) is 0 Å². The molecule has 0 amide bonds. The lowest BCUT2D eigenvalue weighted by molar-refractivity contribution is 0.0219.